The molecule has 2 aromatic rings. The summed E-state index contributed by atoms with van der Waals surface area (Å²) in [4.78, 5) is 4.86. The molecule has 0 spiro atoms. The topological polar surface area (TPSA) is 12.9 Å². The maximum atomic E-state index is 4.86. The highest BCUT2D eigenvalue weighted by atomic mass is 32.1. The van der Waals surface area contributed by atoms with E-state index >= 15 is 0 Å². The number of hydrogen-bond acceptors (Lipinski definition) is 2. The van der Waals surface area contributed by atoms with E-state index < -0.39 is 0 Å². The molecule has 1 aromatic heterocycles. The molecule has 0 aliphatic heterocycles. The highest BCUT2D eigenvalue weighted by Gasteiger charge is 2.25. The molecule has 0 saturated heterocycles. The Balaban J connectivity index is 1.80. The first-order chi connectivity index (χ1) is 8.78. The average molecular weight is 257 g/mol. The van der Waals surface area contributed by atoms with Gasteiger partial charge in [-0.25, -0.2) is 4.98 Å². The van der Waals surface area contributed by atoms with E-state index in [1.54, 1.807) is 0 Å². The van der Waals surface area contributed by atoms with Crippen LogP contribution in [-0.4, -0.2) is 4.98 Å². The highest BCUT2D eigenvalue weighted by molar-refractivity contribution is 7.09. The molecule has 0 radical (unpaired) electrons. The summed E-state index contributed by atoms with van der Waals surface area (Å²) in [5.74, 6) is 1.21. The summed E-state index contributed by atoms with van der Waals surface area (Å²) < 4.78 is 0. The van der Waals surface area contributed by atoms with E-state index in [2.05, 4.69) is 43.5 Å². The summed E-state index contributed by atoms with van der Waals surface area (Å²) in [6, 6.07) is 8.82. The minimum Gasteiger partial charge on any atom is -0.246 e. The molecule has 1 aliphatic rings. The minimum atomic E-state index is 0.596. The van der Waals surface area contributed by atoms with Gasteiger partial charge >= 0.3 is 0 Å². The number of benzene rings is 1. The molecule has 0 saturated carbocycles. The zero-order chi connectivity index (χ0) is 12.5. The third-order valence-corrected chi connectivity index (χ3v) is 5.08. The number of thiazole rings is 1. The second-order valence-corrected chi connectivity index (χ2v) is 6.18. The van der Waals surface area contributed by atoms with Crippen molar-refractivity contribution in [3.63, 3.8) is 0 Å². The van der Waals surface area contributed by atoms with Crippen LogP contribution in [0.5, 0.6) is 0 Å². The van der Waals surface area contributed by atoms with Crippen molar-refractivity contribution < 1.29 is 0 Å². The Morgan fingerprint density at radius 3 is 2.56 bits per heavy atom. The highest BCUT2D eigenvalue weighted by Crippen LogP contribution is 2.36. The quantitative estimate of drug-likeness (QED) is 0.786. The summed E-state index contributed by atoms with van der Waals surface area (Å²) in [6.45, 7) is 4.50. The van der Waals surface area contributed by atoms with Gasteiger partial charge in [-0.1, -0.05) is 38.1 Å². The van der Waals surface area contributed by atoms with Gasteiger partial charge in [0.1, 0.15) is 0 Å². The lowest BCUT2D eigenvalue weighted by Gasteiger charge is -2.05. The lowest BCUT2D eigenvalue weighted by molar-refractivity contribution is 0.687. The van der Waals surface area contributed by atoms with Crippen molar-refractivity contribution in [3.8, 4) is 0 Å². The van der Waals surface area contributed by atoms with Crippen LogP contribution < -0.4 is 0 Å². The zero-order valence-electron chi connectivity index (χ0n) is 11.0. The van der Waals surface area contributed by atoms with E-state index in [0.717, 1.165) is 0 Å². The predicted octanol–water partition coefficient (Wildman–Crippen LogP) is 4.54. The van der Waals surface area contributed by atoms with Gasteiger partial charge in [0.2, 0.25) is 0 Å². The van der Waals surface area contributed by atoms with Crippen LogP contribution in [0, 0.1) is 0 Å². The molecule has 1 unspecified atom stereocenters. The number of hydrogen-bond donors (Lipinski definition) is 0. The summed E-state index contributed by atoms with van der Waals surface area (Å²) in [7, 11) is 0. The van der Waals surface area contributed by atoms with Crippen molar-refractivity contribution in [1.82, 2.24) is 4.98 Å². The molecule has 0 fully saturated rings. The molecular formula is C16H19NS. The number of rotatable bonds is 3. The molecule has 94 valence electrons. The van der Waals surface area contributed by atoms with E-state index in [-0.39, 0.29) is 0 Å². The number of nitrogens with zero attached hydrogens (tertiary/aromatic N) is 1. The smallest absolute Gasteiger partial charge is 0.0966 e. The van der Waals surface area contributed by atoms with Crippen molar-refractivity contribution in [2.24, 2.45) is 0 Å². The zero-order valence-corrected chi connectivity index (χ0v) is 11.8. The van der Waals surface area contributed by atoms with Crippen molar-refractivity contribution in [2.75, 3.05) is 0 Å². The van der Waals surface area contributed by atoms with Crippen LogP contribution in [0.4, 0.5) is 0 Å². The molecule has 1 aliphatic carbocycles. The van der Waals surface area contributed by atoms with Crippen LogP contribution in [-0.2, 0) is 12.8 Å². The van der Waals surface area contributed by atoms with Gasteiger partial charge in [-0.15, -0.1) is 11.3 Å². The molecule has 0 bridgehead atoms. The van der Waals surface area contributed by atoms with Gasteiger partial charge in [-0.05, 0) is 36.3 Å². The molecule has 18 heavy (non-hydrogen) atoms. The lowest BCUT2D eigenvalue weighted by Crippen LogP contribution is -1.99. The molecule has 1 atom stereocenters. The molecule has 1 aromatic carbocycles. The fourth-order valence-electron chi connectivity index (χ4n) is 2.66. The first-order valence-corrected chi connectivity index (χ1v) is 7.68. The third-order valence-electron chi connectivity index (χ3n) is 4.06. The summed E-state index contributed by atoms with van der Waals surface area (Å²) in [5.41, 5.74) is 4.32. The van der Waals surface area contributed by atoms with Crippen molar-refractivity contribution in [2.45, 2.75) is 44.9 Å². The first-order valence-electron chi connectivity index (χ1n) is 6.80. The molecule has 1 heterocycles. The second-order valence-electron chi connectivity index (χ2n) is 5.29. The van der Waals surface area contributed by atoms with Gasteiger partial charge < -0.3 is 0 Å². The van der Waals surface area contributed by atoms with E-state index in [1.807, 2.05) is 11.3 Å². The van der Waals surface area contributed by atoms with Crippen LogP contribution in [0.25, 0.3) is 0 Å². The van der Waals surface area contributed by atoms with Gasteiger partial charge in [0.05, 0.1) is 10.7 Å². The normalized spacial score (nSPS) is 16.8. The van der Waals surface area contributed by atoms with Crippen LogP contribution in [0.1, 0.15) is 53.9 Å². The summed E-state index contributed by atoms with van der Waals surface area (Å²) in [5, 5.41) is 3.59. The van der Waals surface area contributed by atoms with Crippen molar-refractivity contribution in [3.05, 3.63) is 51.5 Å². The van der Waals surface area contributed by atoms with Gasteiger partial charge in [0.15, 0.2) is 0 Å². The molecule has 0 amide bonds. The van der Waals surface area contributed by atoms with Gasteiger partial charge in [0, 0.05) is 11.3 Å². The fraction of sp³-hybridized carbons (Fsp3) is 0.438. The molecule has 0 N–H and O–H groups in total. The largest absolute Gasteiger partial charge is 0.246 e. The molecular weight excluding hydrogens is 238 g/mol. The standard InChI is InChI=1S/C16H19NS/c1-3-11(2)15-10-18-16(17-15)14-8-12-6-4-5-7-13(12)9-14/h4-7,10-11,14H,3,8-9H2,1-2H3. The maximum Gasteiger partial charge on any atom is 0.0966 e. The monoisotopic (exact) mass is 257 g/mol. The van der Waals surface area contributed by atoms with Crippen molar-refractivity contribution in [1.29, 1.82) is 0 Å². The Bertz CT molecular complexity index is 519. The fourth-order valence-corrected chi connectivity index (χ4v) is 3.70. The van der Waals surface area contributed by atoms with Gasteiger partial charge in [-0.2, -0.15) is 0 Å². The van der Waals surface area contributed by atoms with Gasteiger partial charge in [-0.3, -0.25) is 0 Å². The SMILES string of the molecule is CCC(C)c1csc(C2Cc3ccccc3C2)n1. The second kappa shape index (κ2) is 4.85. The van der Waals surface area contributed by atoms with Crippen LogP contribution in [0.15, 0.2) is 29.6 Å². The number of fused-ring (bicyclic) bond motifs is 1. The Morgan fingerprint density at radius 1 is 1.28 bits per heavy atom. The number of aromatic nitrogens is 1. The summed E-state index contributed by atoms with van der Waals surface area (Å²) >= 11 is 1.85. The van der Waals surface area contributed by atoms with E-state index in [9.17, 15) is 0 Å². The van der Waals surface area contributed by atoms with Crippen LogP contribution >= 0.6 is 11.3 Å². The Hall–Kier alpha value is -1.15. The van der Waals surface area contributed by atoms with Crippen LogP contribution in [0.3, 0.4) is 0 Å². The Kier molecular flexibility index (Phi) is 3.21. The predicted molar refractivity (Wildman–Crippen MR) is 77.4 cm³/mol. The summed E-state index contributed by atoms with van der Waals surface area (Å²) in [6.07, 6.45) is 3.52. The van der Waals surface area contributed by atoms with Gasteiger partial charge in [0.25, 0.3) is 0 Å². The minimum absolute atomic E-state index is 0.596. The van der Waals surface area contributed by atoms with Crippen LogP contribution in [0.2, 0.25) is 0 Å². The first kappa shape index (κ1) is 11.9. The maximum absolute atomic E-state index is 4.86. The van der Waals surface area contributed by atoms with Crippen molar-refractivity contribution >= 4 is 11.3 Å². The average Bonchev–Trinajstić information content (AvgIpc) is 3.03. The Morgan fingerprint density at radius 2 is 1.94 bits per heavy atom. The molecule has 1 nitrogen and oxygen atoms in total. The van der Waals surface area contributed by atoms with E-state index in [0.29, 0.717) is 11.8 Å². The lowest BCUT2D eigenvalue weighted by atomic mass is 10.1. The Labute approximate surface area is 113 Å². The van der Waals surface area contributed by atoms with E-state index in [1.165, 1.54) is 41.1 Å². The molecule has 2 heteroatoms. The third kappa shape index (κ3) is 2.10. The van der Waals surface area contributed by atoms with E-state index in [4.69, 9.17) is 4.98 Å². The molecule has 3 rings (SSSR count).